The predicted octanol–water partition coefficient (Wildman–Crippen LogP) is 4.21. The number of ether oxygens (including phenoxy) is 1. The molecule has 0 aliphatic heterocycles. The second-order valence-corrected chi connectivity index (χ2v) is 7.87. The van der Waals surface area contributed by atoms with Crippen molar-refractivity contribution in [2.45, 2.75) is 45.8 Å². The van der Waals surface area contributed by atoms with Gasteiger partial charge in [0.1, 0.15) is 10.6 Å². The molecule has 0 aliphatic carbocycles. The molecule has 0 unspecified atom stereocenters. The number of thiazole rings is 1. The first-order valence-electron chi connectivity index (χ1n) is 8.44. The summed E-state index contributed by atoms with van der Waals surface area (Å²) in [7, 11) is 0. The van der Waals surface area contributed by atoms with Crippen LogP contribution < -0.4 is 0 Å². The molecule has 2 aromatic rings. The van der Waals surface area contributed by atoms with Gasteiger partial charge < -0.3 is 14.7 Å². The quantitative estimate of drug-likeness (QED) is 0.783. The zero-order valence-corrected chi connectivity index (χ0v) is 16.1. The van der Waals surface area contributed by atoms with Crippen LogP contribution in [0, 0.1) is 0 Å². The van der Waals surface area contributed by atoms with Gasteiger partial charge in [0.15, 0.2) is 5.69 Å². The van der Waals surface area contributed by atoms with Crippen LogP contribution >= 0.6 is 11.3 Å². The Labute approximate surface area is 157 Å². The minimum atomic E-state index is -1.07. The van der Waals surface area contributed by atoms with Gasteiger partial charge in [-0.2, -0.15) is 0 Å². The Hall–Kier alpha value is -2.41. The molecule has 7 heteroatoms. The van der Waals surface area contributed by atoms with E-state index in [9.17, 15) is 9.59 Å². The molecule has 1 heterocycles. The van der Waals surface area contributed by atoms with Crippen molar-refractivity contribution in [3.8, 4) is 0 Å². The van der Waals surface area contributed by atoms with Crippen LogP contribution in [-0.4, -0.2) is 39.2 Å². The van der Waals surface area contributed by atoms with Crippen molar-refractivity contribution in [3.05, 3.63) is 52.0 Å². The third-order valence-electron chi connectivity index (χ3n) is 3.48. The van der Waals surface area contributed by atoms with Gasteiger partial charge in [-0.05, 0) is 39.2 Å². The second-order valence-electron chi connectivity index (χ2n) is 6.92. The lowest BCUT2D eigenvalue weighted by atomic mass is 10.1. The van der Waals surface area contributed by atoms with Crippen LogP contribution in [0.2, 0.25) is 0 Å². The topological polar surface area (TPSA) is 79.7 Å². The number of rotatable bonds is 7. The van der Waals surface area contributed by atoms with E-state index in [-0.39, 0.29) is 12.2 Å². The van der Waals surface area contributed by atoms with Gasteiger partial charge in [0, 0.05) is 11.9 Å². The van der Waals surface area contributed by atoms with Crippen LogP contribution in [0.4, 0.5) is 4.79 Å². The van der Waals surface area contributed by atoms with Crippen molar-refractivity contribution in [2.24, 2.45) is 0 Å². The molecule has 6 nitrogen and oxygen atoms in total. The molecular weight excluding hydrogens is 352 g/mol. The van der Waals surface area contributed by atoms with Crippen LogP contribution in [0.25, 0.3) is 0 Å². The van der Waals surface area contributed by atoms with E-state index in [4.69, 9.17) is 9.84 Å². The first-order valence-corrected chi connectivity index (χ1v) is 9.32. The van der Waals surface area contributed by atoms with E-state index in [0.29, 0.717) is 11.6 Å². The molecular formula is C19H24N2O4S. The SMILES string of the molecule is CC(C)(C)OC(=O)N(CCCc1ccccc1)Cc1nc(C(=O)O)cs1. The molecule has 0 spiro atoms. The van der Waals surface area contributed by atoms with Gasteiger partial charge in [-0.25, -0.2) is 14.6 Å². The number of aromatic carboxylic acids is 1. The smallest absolute Gasteiger partial charge is 0.410 e. The minimum absolute atomic E-state index is 0.00146. The summed E-state index contributed by atoms with van der Waals surface area (Å²) in [4.78, 5) is 29.1. The van der Waals surface area contributed by atoms with Gasteiger partial charge in [-0.1, -0.05) is 30.3 Å². The summed E-state index contributed by atoms with van der Waals surface area (Å²) >= 11 is 1.23. The summed E-state index contributed by atoms with van der Waals surface area (Å²) in [5.74, 6) is -1.07. The normalized spacial score (nSPS) is 11.2. The van der Waals surface area contributed by atoms with E-state index in [1.54, 1.807) is 4.90 Å². The van der Waals surface area contributed by atoms with Gasteiger partial charge in [0.2, 0.25) is 0 Å². The monoisotopic (exact) mass is 376 g/mol. The Morgan fingerprint density at radius 2 is 1.92 bits per heavy atom. The van der Waals surface area contributed by atoms with E-state index >= 15 is 0 Å². The van der Waals surface area contributed by atoms with Crippen LogP contribution in [0.5, 0.6) is 0 Å². The van der Waals surface area contributed by atoms with Gasteiger partial charge in [-0.15, -0.1) is 11.3 Å². The molecule has 1 aromatic carbocycles. The maximum absolute atomic E-state index is 12.5. The molecule has 0 bridgehead atoms. The van der Waals surface area contributed by atoms with Crippen molar-refractivity contribution in [3.63, 3.8) is 0 Å². The average molecular weight is 376 g/mol. The van der Waals surface area contributed by atoms with Gasteiger partial charge in [0.25, 0.3) is 0 Å². The largest absolute Gasteiger partial charge is 0.476 e. The number of amides is 1. The summed E-state index contributed by atoms with van der Waals surface area (Å²) < 4.78 is 5.48. The lowest BCUT2D eigenvalue weighted by Gasteiger charge is -2.27. The fourth-order valence-corrected chi connectivity index (χ4v) is 3.11. The molecule has 140 valence electrons. The van der Waals surface area contributed by atoms with Crippen molar-refractivity contribution in [1.82, 2.24) is 9.88 Å². The highest BCUT2D eigenvalue weighted by molar-refractivity contribution is 7.09. The summed E-state index contributed by atoms with van der Waals surface area (Å²) in [5, 5.41) is 11.1. The maximum Gasteiger partial charge on any atom is 0.410 e. The molecule has 26 heavy (non-hydrogen) atoms. The van der Waals surface area contributed by atoms with Gasteiger partial charge >= 0.3 is 12.1 Å². The zero-order valence-electron chi connectivity index (χ0n) is 15.3. The van der Waals surface area contributed by atoms with Gasteiger partial charge in [0.05, 0.1) is 6.54 Å². The summed E-state index contributed by atoms with van der Waals surface area (Å²) in [5.41, 5.74) is 0.613. The highest BCUT2D eigenvalue weighted by atomic mass is 32.1. The fraction of sp³-hybridized carbons (Fsp3) is 0.421. The van der Waals surface area contributed by atoms with Crippen LogP contribution in [0.3, 0.4) is 0 Å². The van der Waals surface area contributed by atoms with Crippen LogP contribution in [0.15, 0.2) is 35.7 Å². The zero-order chi connectivity index (χ0) is 19.2. The Balaban J connectivity index is 2.02. The first-order chi connectivity index (χ1) is 12.2. The number of aromatic nitrogens is 1. The molecule has 0 radical (unpaired) electrons. The van der Waals surface area contributed by atoms with Gasteiger partial charge in [-0.3, -0.25) is 0 Å². The number of aryl methyl sites for hydroxylation is 1. The number of carbonyl (C=O) groups is 2. The Bertz CT molecular complexity index is 737. The average Bonchev–Trinajstić information content (AvgIpc) is 3.02. The van der Waals surface area contributed by atoms with E-state index in [0.717, 1.165) is 12.8 Å². The molecule has 1 amide bonds. The highest BCUT2D eigenvalue weighted by Crippen LogP contribution is 2.17. The summed E-state index contributed by atoms with van der Waals surface area (Å²) in [6.45, 7) is 6.20. The molecule has 0 atom stereocenters. The van der Waals surface area contributed by atoms with E-state index in [2.05, 4.69) is 17.1 Å². The number of benzene rings is 1. The molecule has 0 fully saturated rings. The van der Waals surface area contributed by atoms with Crippen molar-refractivity contribution < 1.29 is 19.4 Å². The molecule has 0 aliphatic rings. The highest BCUT2D eigenvalue weighted by Gasteiger charge is 2.23. The first kappa shape index (κ1) is 19.9. The number of carbonyl (C=O) groups excluding carboxylic acids is 1. The number of carboxylic acids is 1. The number of nitrogens with zero attached hydrogens (tertiary/aromatic N) is 2. The Kier molecular flexibility index (Phi) is 6.74. The molecule has 1 aromatic heterocycles. The summed E-state index contributed by atoms with van der Waals surface area (Å²) in [6.07, 6.45) is 1.20. The van der Waals surface area contributed by atoms with Crippen LogP contribution in [0.1, 0.15) is 48.3 Å². The van der Waals surface area contributed by atoms with Crippen molar-refractivity contribution in [1.29, 1.82) is 0 Å². The molecule has 0 saturated heterocycles. The Morgan fingerprint density at radius 3 is 2.50 bits per heavy atom. The number of hydrogen-bond acceptors (Lipinski definition) is 5. The molecule has 0 saturated carbocycles. The third kappa shape index (κ3) is 6.48. The third-order valence-corrected chi connectivity index (χ3v) is 4.32. The Morgan fingerprint density at radius 1 is 1.23 bits per heavy atom. The van der Waals surface area contributed by atoms with Crippen LogP contribution in [-0.2, 0) is 17.7 Å². The second kappa shape index (κ2) is 8.80. The number of hydrogen-bond donors (Lipinski definition) is 1. The predicted molar refractivity (Wildman–Crippen MR) is 100 cm³/mol. The van der Waals surface area contributed by atoms with E-state index in [1.807, 2.05) is 39.0 Å². The van der Waals surface area contributed by atoms with Crippen molar-refractivity contribution >= 4 is 23.4 Å². The van der Waals surface area contributed by atoms with E-state index < -0.39 is 17.7 Å². The lowest BCUT2D eigenvalue weighted by molar-refractivity contribution is 0.0231. The fourth-order valence-electron chi connectivity index (χ4n) is 2.33. The molecule has 2 rings (SSSR count). The lowest BCUT2D eigenvalue weighted by Crippen LogP contribution is -2.37. The maximum atomic E-state index is 12.5. The molecule has 1 N–H and O–H groups in total. The minimum Gasteiger partial charge on any atom is -0.476 e. The summed E-state index contributed by atoms with van der Waals surface area (Å²) in [6, 6.07) is 10.1. The number of carboxylic acid groups (broad SMARTS) is 1. The standard InChI is InChI=1S/C19H24N2O4S/c1-19(2,3)25-18(24)21(11-7-10-14-8-5-4-6-9-14)12-16-20-15(13-26-16)17(22)23/h4-6,8-9,13H,7,10-12H2,1-3H3,(H,22,23). The van der Waals surface area contributed by atoms with E-state index in [1.165, 1.54) is 22.3 Å². The van der Waals surface area contributed by atoms with Crippen molar-refractivity contribution in [2.75, 3.05) is 6.54 Å².